The van der Waals surface area contributed by atoms with Gasteiger partial charge >= 0.3 is 5.97 Å². The average molecular weight is 264 g/mol. The number of hydrogen-bond acceptors (Lipinski definition) is 6. The maximum Gasteiger partial charge on any atom is 0.340 e. The molecular formula is C12H16N4O3. The molecule has 1 unspecified atom stereocenters. The van der Waals surface area contributed by atoms with Crippen molar-refractivity contribution in [3.05, 3.63) is 17.8 Å². The molecule has 0 aromatic carbocycles. The van der Waals surface area contributed by atoms with E-state index in [2.05, 4.69) is 15.0 Å². The first kappa shape index (κ1) is 13.1. The summed E-state index contributed by atoms with van der Waals surface area (Å²) in [5.41, 5.74) is 6.28. The number of nitrogen functional groups attached to an aromatic ring is 1. The molecule has 7 heteroatoms. The SMILES string of the molecule is COC(=O)c1cc(N)ncc1NC1CCN(C)C1=O. The van der Waals surface area contributed by atoms with Crippen LogP contribution in [0.3, 0.4) is 0 Å². The van der Waals surface area contributed by atoms with E-state index in [9.17, 15) is 9.59 Å². The number of ether oxygens (including phenoxy) is 1. The highest BCUT2D eigenvalue weighted by molar-refractivity contribution is 5.97. The predicted octanol–water partition coefficient (Wildman–Crippen LogP) is 0.0930. The van der Waals surface area contributed by atoms with Gasteiger partial charge in [0.1, 0.15) is 11.9 Å². The molecule has 0 saturated carbocycles. The summed E-state index contributed by atoms with van der Waals surface area (Å²) in [7, 11) is 3.03. The van der Waals surface area contributed by atoms with Crippen LogP contribution in [0.25, 0.3) is 0 Å². The van der Waals surface area contributed by atoms with Gasteiger partial charge in [0.2, 0.25) is 5.91 Å². The number of anilines is 2. The molecule has 0 spiro atoms. The summed E-state index contributed by atoms with van der Waals surface area (Å²) in [5.74, 6) is -0.302. The Balaban J connectivity index is 2.25. The number of esters is 1. The van der Waals surface area contributed by atoms with E-state index in [4.69, 9.17) is 5.73 Å². The van der Waals surface area contributed by atoms with Crippen LogP contribution in [0.1, 0.15) is 16.8 Å². The van der Waals surface area contributed by atoms with Gasteiger partial charge in [-0.15, -0.1) is 0 Å². The minimum atomic E-state index is -0.518. The summed E-state index contributed by atoms with van der Waals surface area (Å²) >= 11 is 0. The van der Waals surface area contributed by atoms with E-state index in [1.54, 1.807) is 11.9 Å². The highest BCUT2D eigenvalue weighted by Gasteiger charge is 2.30. The molecule has 1 saturated heterocycles. The standard InChI is InChI=1S/C12H16N4O3/c1-16-4-3-8(11(16)17)15-9-6-14-10(13)5-7(9)12(18)19-2/h5-6,8,15H,3-4H2,1-2H3,(H2,13,14). The lowest BCUT2D eigenvalue weighted by Gasteiger charge is -2.15. The number of nitrogens with zero attached hydrogens (tertiary/aromatic N) is 2. The topological polar surface area (TPSA) is 97.6 Å². The molecule has 1 aromatic heterocycles. The van der Waals surface area contributed by atoms with Gasteiger partial charge < -0.3 is 20.7 Å². The van der Waals surface area contributed by atoms with Gasteiger partial charge in [-0.3, -0.25) is 4.79 Å². The Morgan fingerprint density at radius 1 is 1.63 bits per heavy atom. The largest absolute Gasteiger partial charge is 0.465 e. The Kier molecular flexibility index (Phi) is 3.55. The smallest absolute Gasteiger partial charge is 0.340 e. The Hall–Kier alpha value is -2.31. The lowest BCUT2D eigenvalue weighted by Crippen LogP contribution is -2.31. The molecule has 2 heterocycles. The molecule has 1 fully saturated rings. The van der Waals surface area contributed by atoms with Crippen molar-refractivity contribution in [3.63, 3.8) is 0 Å². The fraction of sp³-hybridized carbons (Fsp3) is 0.417. The number of rotatable bonds is 3. The van der Waals surface area contributed by atoms with E-state index in [-0.39, 0.29) is 23.3 Å². The highest BCUT2D eigenvalue weighted by Crippen LogP contribution is 2.21. The second-order valence-corrected chi connectivity index (χ2v) is 4.39. The van der Waals surface area contributed by atoms with Gasteiger partial charge in [-0.2, -0.15) is 0 Å². The van der Waals surface area contributed by atoms with Crippen molar-refractivity contribution in [1.29, 1.82) is 0 Å². The van der Waals surface area contributed by atoms with Crippen LogP contribution < -0.4 is 11.1 Å². The molecule has 1 aliphatic heterocycles. The molecule has 1 aromatic rings. The van der Waals surface area contributed by atoms with Crippen molar-refractivity contribution in [2.45, 2.75) is 12.5 Å². The minimum Gasteiger partial charge on any atom is -0.465 e. The second-order valence-electron chi connectivity index (χ2n) is 4.39. The molecule has 2 rings (SSSR count). The van der Waals surface area contributed by atoms with Crippen molar-refractivity contribution in [3.8, 4) is 0 Å². The molecule has 1 atom stereocenters. The van der Waals surface area contributed by atoms with Gasteiger partial charge in [0.25, 0.3) is 0 Å². The minimum absolute atomic E-state index is 0.00681. The Labute approximate surface area is 110 Å². The zero-order valence-corrected chi connectivity index (χ0v) is 10.8. The molecule has 102 valence electrons. The molecule has 7 nitrogen and oxygen atoms in total. The molecule has 3 N–H and O–H groups in total. The normalized spacial score (nSPS) is 18.5. The lowest BCUT2D eigenvalue weighted by atomic mass is 10.2. The number of amides is 1. The number of likely N-dealkylation sites (tertiary alicyclic amines) is 1. The maximum absolute atomic E-state index is 11.8. The van der Waals surface area contributed by atoms with Gasteiger partial charge in [-0.1, -0.05) is 0 Å². The Morgan fingerprint density at radius 3 is 2.95 bits per heavy atom. The lowest BCUT2D eigenvalue weighted by molar-refractivity contribution is -0.127. The number of carbonyl (C=O) groups is 2. The number of aromatic nitrogens is 1. The molecule has 19 heavy (non-hydrogen) atoms. The average Bonchev–Trinajstić information content (AvgIpc) is 2.71. The van der Waals surface area contributed by atoms with Crippen LogP contribution in [0.4, 0.5) is 11.5 Å². The number of hydrogen-bond donors (Lipinski definition) is 2. The van der Waals surface area contributed by atoms with Gasteiger partial charge in [0, 0.05) is 13.6 Å². The van der Waals surface area contributed by atoms with Crippen molar-refractivity contribution in [1.82, 2.24) is 9.88 Å². The third-order valence-corrected chi connectivity index (χ3v) is 3.09. The summed E-state index contributed by atoms with van der Waals surface area (Å²) in [4.78, 5) is 29.1. The van der Waals surface area contributed by atoms with Crippen LogP contribution in [0.5, 0.6) is 0 Å². The van der Waals surface area contributed by atoms with Gasteiger partial charge in [0.05, 0.1) is 24.6 Å². The number of pyridine rings is 1. The van der Waals surface area contributed by atoms with Crippen LogP contribution in [0.2, 0.25) is 0 Å². The maximum atomic E-state index is 11.8. The van der Waals surface area contributed by atoms with Crippen LogP contribution in [-0.4, -0.2) is 48.5 Å². The zero-order chi connectivity index (χ0) is 14.0. The predicted molar refractivity (Wildman–Crippen MR) is 69.7 cm³/mol. The van der Waals surface area contributed by atoms with Crippen molar-refractivity contribution >= 4 is 23.4 Å². The summed E-state index contributed by atoms with van der Waals surface area (Å²) in [6.45, 7) is 0.687. The van der Waals surface area contributed by atoms with E-state index in [0.29, 0.717) is 18.7 Å². The van der Waals surface area contributed by atoms with Gasteiger partial charge in [0.15, 0.2) is 0 Å². The summed E-state index contributed by atoms with van der Waals surface area (Å²) < 4.78 is 4.69. The van der Waals surface area contributed by atoms with Crippen molar-refractivity contribution in [2.24, 2.45) is 0 Å². The van der Waals surface area contributed by atoms with Crippen LogP contribution in [0, 0.1) is 0 Å². The molecular weight excluding hydrogens is 248 g/mol. The number of carbonyl (C=O) groups excluding carboxylic acids is 2. The third-order valence-electron chi connectivity index (χ3n) is 3.09. The zero-order valence-electron chi connectivity index (χ0n) is 10.8. The number of nitrogens with two attached hydrogens (primary N) is 1. The second kappa shape index (κ2) is 5.13. The first-order chi connectivity index (χ1) is 9.02. The van der Waals surface area contributed by atoms with E-state index < -0.39 is 5.97 Å². The summed E-state index contributed by atoms with van der Waals surface area (Å²) in [6, 6.07) is 1.08. The van der Waals surface area contributed by atoms with Crippen LogP contribution in [-0.2, 0) is 9.53 Å². The first-order valence-electron chi connectivity index (χ1n) is 5.88. The van der Waals surface area contributed by atoms with Crippen LogP contribution >= 0.6 is 0 Å². The number of methoxy groups -OCH3 is 1. The fourth-order valence-corrected chi connectivity index (χ4v) is 2.01. The van der Waals surface area contributed by atoms with E-state index >= 15 is 0 Å². The summed E-state index contributed by atoms with van der Waals surface area (Å²) in [5, 5.41) is 3.02. The van der Waals surface area contributed by atoms with Crippen molar-refractivity contribution in [2.75, 3.05) is 31.8 Å². The molecule has 1 amide bonds. The third kappa shape index (κ3) is 2.59. The molecule has 1 aliphatic rings. The van der Waals surface area contributed by atoms with Crippen LogP contribution in [0.15, 0.2) is 12.3 Å². The quantitative estimate of drug-likeness (QED) is 0.751. The molecule has 0 aliphatic carbocycles. The summed E-state index contributed by atoms with van der Waals surface area (Å²) in [6.07, 6.45) is 2.12. The van der Waals surface area contributed by atoms with Crippen molar-refractivity contribution < 1.29 is 14.3 Å². The Bertz CT molecular complexity index is 518. The van der Waals surface area contributed by atoms with Gasteiger partial charge in [-0.05, 0) is 12.5 Å². The Morgan fingerprint density at radius 2 is 2.37 bits per heavy atom. The highest BCUT2D eigenvalue weighted by atomic mass is 16.5. The molecule has 0 radical (unpaired) electrons. The van der Waals surface area contributed by atoms with E-state index in [1.165, 1.54) is 19.4 Å². The van der Waals surface area contributed by atoms with E-state index in [1.807, 2.05) is 0 Å². The molecule has 0 bridgehead atoms. The number of nitrogens with one attached hydrogen (secondary N) is 1. The first-order valence-corrected chi connectivity index (χ1v) is 5.88. The monoisotopic (exact) mass is 264 g/mol. The number of likely N-dealkylation sites (N-methyl/N-ethyl adjacent to an activating group) is 1. The fourth-order valence-electron chi connectivity index (χ4n) is 2.01. The van der Waals surface area contributed by atoms with Gasteiger partial charge in [-0.25, -0.2) is 9.78 Å². The van der Waals surface area contributed by atoms with E-state index in [0.717, 1.165) is 0 Å².